The van der Waals surface area contributed by atoms with E-state index >= 15 is 0 Å². The normalized spacial score (nSPS) is 10.7. The highest BCUT2D eigenvalue weighted by atomic mass is 16.2. The molecule has 6 heteroatoms. The number of hydrogen-bond acceptors (Lipinski definition) is 3. The van der Waals surface area contributed by atoms with E-state index < -0.39 is 0 Å². The van der Waals surface area contributed by atoms with Gasteiger partial charge in [0.25, 0.3) is 0 Å². The molecule has 3 rings (SSSR count). The van der Waals surface area contributed by atoms with Crippen molar-refractivity contribution in [2.45, 2.75) is 13.5 Å². The molecule has 0 unspecified atom stereocenters. The molecule has 0 aliphatic heterocycles. The van der Waals surface area contributed by atoms with Crippen molar-refractivity contribution in [3.63, 3.8) is 0 Å². The van der Waals surface area contributed by atoms with Gasteiger partial charge >= 0.3 is 0 Å². The molecule has 0 aliphatic rings. The summed E-state index contributed by atoms with van der Waals surface area (Å²) in [6.45, 7) is 2.04. The van der Waals surface area contributed by atoms with Crippen molar-refractivity contribution >= 4 is 5.91 Å². The molecule has 0 atom stereocenters. The van der Waals surface area contributed by atoms with E-state index in [0.717, 1.165) is 27.9 Å². The lowest BCUT2D eigenvalue weighted by atomic mass is 9.96. The fourth-order valence-electron chi connectivity index (χ4n) is 2.77. The average molecular weight is 336 g/mol. The van der Waals surface area contributed by atoms with Crippen LogP contribution in [0.5, 0.6) is 0 Å². The van der Waals surface area contributed by atoms with Gasteiger partial charge in [-0.25, -0.2) is 0 Å². The zero-order valence-corrected chi connectivity index (χ0v) is 14.5. The van der Waals surface area contributed by atoms with Crippen molar-refractivity contribution in [3.05, 3.63) is 64.8 Å². The van der Waals surface area contributed by atoms with Gasteiger partial charge in [0, 0.05) is 43.2 Å². The van der Waals surface area contributed by atoms with Gasteiger partial charge in [-0.2, -0.15) is 5.10 Å². The minimum Gasteiger partial charge on any atom is -0.347 e. The number of aryl methyl sites for hydroxylation is 1. The Balaban J connectivity index is 2.07. The number of aromatic nitrogens is 3. The summed E-state index contributed by atoms with van der Waals surface area (Å²) in [4.78, 5) is 28.2. The van der Waals surface area contributed by atoms with Crippen molar-refractivity contribution in [1.29, 1.82) is 0 Å². The summed E-state index contributed by atoms with van der Waals surface area (Å²) in [6.07, 6.45) is 3.55. The number of benzene rings is 1. The second-order valence-corrected chi connectivity index (χ2v) is 6.13. The molecule has 1 aromatic carbocycles. The Morgan fingerprint density at radius 2 is 1.92 bits per heavy atom. The maximum absolute atomic E-state index is 12.0. The van der Waals surface area contributed by atoms with Gasteiger partial charge in [0.05, 0.1) is 6.20 Å². The van der Waals surface area contributed by atoms with Gasteiger partial charge in [-0.3, -0.25) is 14.3 Å². The number of carbonyl (C=O) groups excluding carboxylic acids is 1. The van der Waals surface area contributed by atoms with Crippen LogP contribution in [0, 0.1) is 6.92 Å². The number of amides is 1. The molecule has 0 saturated heterocycles. The lowest BCUT2D eigenvalue weighted by molar-refractivity contribution is -0.129. The van der Waals surface area contributed by atoms with Gasteiger partial charge in [0.1, 0.15) is 6.54 Å². The summed E-state index contributed by atoms with van der Waals surface area (Å²) in [5.74, 6) is -0.0314. The molecular formula is C19H20N4O2. The van der Waals surface area contributed by atoms with Crippen LogP contribution >= 0.6 is 0 Å². The first kappa shape index (κ1) is 16.7. The number of H-pyrrole nitrogens is 1. The Morgan fingerprint density at radius 1 is 1.20 bits per heavy atom. The molecule has 2 aromatic heterocycles. The van der Waals surface area contributed by atoms with Crippen LogP contribution in [0.2, 0.25) is 0 Å². The van der Waals surface area contributed by atoms with E-state index in [1.54, 1.807) is 31.0 Å². The number of nitrogens with zero attached hydrogens (tertiary/aromatic N) is 3. The highest BCUT2D eigenvalue weighted by molar-refractivity contribution is 5.84. The molecule has 1 N–H and O–H groups in total. The molecule has 25 heavy (non-hydrogen) atoms. The van der Waals surface area contributed by atoms with Crippen molar-refractivity contribution in [3.8, 4) is 22.3 Å². The molecule has 0 bridgehead atoms. The summed E-state index contributed by atoms with van der Waals surface area (Å²) in [7, 11) is 3.43. The van der Waals surface area contributed by atoms with Crippen molar-refractivity contribution in [2.24, 2.45) is 0 Å². The van der Waals surface area contributed by atoms with Crippen LogP contribution in [0.1, 0.15) is 5.69 Å². The molecule has 0 saturated carbocycles. The van der Waals surface area contributed by atoms with Crippen LogP contribution in [0.15, 0.2) is 53.6 Å². The lowest BCUT2D eigenvalue weighted by Crippen LogP contribution is -2.26. The van der Waals surface area contributed by atoms with Crippen LogP contribution in [0.4, 0.5) is 0 Å². The Morgan fingerprint density at radius 3 is 2.60 bits per heavy atom. The van der Waals surface area contributed by atoms with Gasteiger partial charge in [-0.05, 0) is 18.1 Å². The van der Waals surface area contributed by atoms with E-state index in [1.165, 1.54) is 4.90 Å². The summed E-state index contributed by atoms with van der Waals surface area (Å²) >= 11 is 0. The van der Waals surface area contributed by atoms with Crippen molar-refractivity contribution < 1.29 is 4.79 Å². The second-order valence-electron chi connectivity index (χ2n) is 6.13. The van der Waals surface area contributed by atoms with Crippen LogP contribution in [0.25, 0.3) is 22.3 Å². The number of pyridine rings is 1. The smallest absolute Gasteiger partial charge is 0.248 e. The van der Waals surface area contributed by atoms with Crippen LogP contribution in [0.3, 0.4) is 0 Å². The zero-order chi connectivity index (χ0) is 18.0. The van der Waals surface area contributed by atoms with Crippen molar-refractivity contribution in [2.75, 3.05) is 14.1 Å². The molecule has 6 nitrogen and oxygen atoms in total. The summed E-state index contributed by atoms with van der Waals surface area (Å²) in [5, 5.41) is 4.29. The summed E-state index contributed by atoms with van der Waals surface area (Å²) in [5.41, 5.74) is 4.21. The number of aromatic amines is 1. The zero-order valence-electron chi connectivity index (χ0n) is 14.5. The van der Waals surface area contributed by atoms with E-state index in [0.29, 0.717) is 0 Å². The van der Waals surface area contributed by atoms with E-state index in [4.69, 9.17) is 0 Å². The topological polar surface area (TPSA) is 71.0 Å². The number of nitrogens with one attached hydrogen (secondary N) is 1. The third-order valence-corrected chi connectivity index (χ3v) is 4.03. The van der Waals surface area contributed by atoms with E-state index in [2.05, 4.69) is 10.1 Å². The summed E-state index contributed by atoms with van der Waals surface area (Å²) < 4.78 is 1.61. The quantitative estimate of drug-likeness (QED) is 0.795. The molecule has 0 radical (unpaired) electrons. The van der Waals surface area contributed by atoms with Gasteiger partial charge in [-0.1, -0.05) is 30.3 Å². The SMILES string of the molecule is Cc1[nH]c(=O)cc(-c2ccccc2)c1-c1cnn(CC(=O)N(C)C)c1. The van der Waals surface area contributed by atoms with Gasteiger partial charge in [-0.15, -0.1) is 0 Å². The molecule has 3 aromatic rings. The number of carbonyl (C=O) groups is 1. The van der Waals surface area contributed by atoms with Gasteiger partial charge in [0.2, 0.25) is 11.5 Å². The van der Waals surface area contributed by atoms with Crippen LogP contribution in [-0.2, 0) is 11.3 Å². The van der Waals surface area contributed by atoms with Gasteiger partial charge < -0.3 is 9.88 Å². The summed E-state index contributed by atoms with van der Waals surface area (Å²) in [6, 6.07) is 11.4. The lowest BCUT2D eigenvalue weighted by Gasteiger charge is -2.11. The molecule has 2 heterocycles. The molecule has 128 valence electrons. The monoisotopic (exact) mass is 336 g/mol. The predicted octanol–water partition coefficient (Wildman–Crippen LogP) is 2.30. The molecule has 0 aliphatic carbocycles. The van der Waals surface area contributed by atoms with Crippen molar-refractivity contribution in [1.82, 2.24) is 19.7 Å². The number of likely N-dealkylation sites (N-methyl/N-ethyl adjacent to an activating group) is 1. The van der Waals surface area contributed by atoms with Crippen LogP contribution < -0.4 is 5.56 Å². The fourth-order valence-corrected chi connectivity index (χ4v) is 2.77. The van der Waals surface area contributed by atoms with Crippen LogP contribution in [-0.4, -0.2) is 39.7 Å². The predicted molar refractivity (Wildman–Crippen MR) is 97.2 cm³/mol. The molecular weight excluding hydrogens is 316 g/mol. The Kier molecular flexibility index (Phi) is 4.52. The molecule has 0 spiro atoms. The van der Waals surface area contributed by atoms with E-state index in [9.17, 15) is 9.59 Å². The maximum Gasteiger partial charge on any atom is 0.248 e. The molecule has 1 amide bonds. The Hall–Kier alpha value is -3.15. The molecule has 0 fully saturated rings. The van der Waals surface area contributed by atoms with E-state index in [-0.39, 0.29) is 18.0 Å². The third kappa shape index (κ3) is 3.52. The first-order valence-corrected chi connectivity index (χ1v) is 7.98. The third-order valence-electron chi connectivity index (χ3n) is 4.03. The first-order valence-electron chi connectivity index (χ1n) is 7.98. The highest BCUT2D eigenvalue weighted by Crippen LogP contribution is 2.32. The standard InChI is InChI=1S/C19H20N4O2/c1-13-19(15-10-20-23(11-15)12-18(25)22(2)3)16(9-17(24)21-13)14-7-5-4-6-8-14/h4-11H,12H2,1-3H3,(H,21,24). The van der Waals surface area contributed by atoms with Gasteiger partial charge in [0.15, 0.2) is 0 Å². The minimum atomic E-state index is -0.143. The maximum atomic E-state index is 12.0. The fraction of sp³-hybridized carbons (Fsp3) is 0.211. The Bertz CT molecular complexity index is 955. The van der Waals surface area contributed by atoms with E-state index in [1.807, 2.05) is 43.5 Å². The largest absolute Gasteiger partial charge is 0.347 e. The number of hydrogen-bond donors (Lipinski definition) is 1. The second kappa shape index (κ2) is 6.76. The first-order chi connectivity index (χ1) is 12.0. The highest BCUT2D eigenvalue weighted by Gasteiger charge is 2.15. The number of rotatable bonds is 4. The average Bonchev–Trinajstić information content (AvgIpc) is 3.02. The Labute approximate surface area is 145 Å². The minimum absolute atomic E-state index is 0.0314.